The number of hydrogen-bond acceptors (Lipinski definition) is 8. The number of methoxy groups -OCH3 is 2. The number of nitrogens with zero attached hydrogens (tertiary/aromatic N) is 5. The van der Waals surface area contributed by atoms with E-state index in [1.165, 1.54) is 0 Å². The summed E-state index contributed by atoms with van der Waals surface area (Å²) in [5, 5.41) is 4.00. The normalized spacial score (nSPS) is 14.8. The standard InChI is InChI=1S/C18H19N5O3/c1-24-15-5-3-4-12(16(15)25-2)9-23-10-13(11-23)18-21-17(22-26-18)14-8-19-6-7-20-14/h3-8,13H,9-11H2,1-2H3. The molecule has 0 saturated carbocycles. The largest absolute Gasteiger partial charge is 0.493 e. The van der Waals surface area contributed by atoms with Gasteiger partial charge in [0.2, 0.25) is 11.7 Å². The molecule has 3 aromatic rings. The van der Waals surface area contributed by atoms with Gasteiger partial charge in [-0.3, -0.25) is 9.88 Å². The van der Waals surface area contributed by atoms with Crippen LogP contribution < -0.4 is 9.47 Å². The monoisotopic (exact) mass is 353 g/mol. The Morgan fingerprint density at radius 1 is 1.19 bits per heavy atom. The van der Waals surface area contributed by atoms with Gasteiger partial charge < -0.3 is 14.0 Å². The van der Waals surface area contributed by atoms with E-state index in [2.05, 4.69) is 25.0 Å². The van der Waals surface area contributed by atoms with Crippen molar-refractivity contribution in [1.29, 1.82) is 0 Å². The van der Waals surface area contributed by atoms with Crippen LogP contribution in [0.1, 0.15) is 17.4 Å². The first-order valence-electron chi connectivity index (χ1n) is 8.30. The maximum atomic E-state index is 5.50. The second-order valence-electron chi connectivity index (χ2n) is 6.09. The van der Waals surface area contributed by atoms with Crippen molar-refractivity contribution in [2.75, 3.05) is 27.3 Å². The van der Waals surface area contributed by atoms with Gasteiger partial charge in [0, 0.05) is 37.6 Å². The van der Waals surface area contributed by atoms with Crippen LogP contribution in [0.25, 0.3) is 11.5 Å². The van der Waals surface area contributed by atoms with E-state index in [0.717, 1.165) is 36.7 Å². The van der Waals surface area contributed by atoms with Gasteiger partial charge in [0.05, 0.1) is 26.3 Å². The lowest BCUT2D eigenvalue weighted by Crippen LogP contribution is -2.44. The van der Waals surface area contributed by atoms with E-state index in [-0.39, 0.29) is 5.92 Å². The first kappa shape index (κ1) is 16.5. The molecule has 2 aromatic heterocycles. The predicted molar refractivity (Wildman–Crippen MR) is 92.9 cm³/mol. The van der Waals surface area contributed by atoms with Crippen LogP contribution in [0, 0.1) is 0 Å². The molecule has 3 heterocycles. The van der Waals surface area contributed by atoms with Gasteiger partial charge >= 0.3 is 0 Å². The van der Waals surface area contributed by atoms with Gasteiger partial charge in [-0.2, -0.15) is 4.98 Å². The Hall–Kier alpha value is -3.00. The lowest BCUT2D eigenvalue weighted by Gasteiger charge is -2.37. The summed E-state index contributed by atoms with van der Waals surface area (Å²) < 4.78 is 16.3. The third-order valence-electron chi connectivity index (χ3n) is 4.42. The Labute approximate surface area is 150 Å². The second-order valence-corrected chi connectivity index (χ2v) is 6.09. The Morgan fingerprint density at radius 2 is 2.08 bits per heavy atom. The van der Waals surface area contributed by atoms with Crippen LogP contribution in [-0.4, -0.2) is 52.3 Å². The summed E-state index contributed by atoms with van der Waals surface area (Å²) in [6, 6.07) is 5.92. The van der Waals surface area contributed by atoms with Crippen LogP contribution in [0.2, 0.25) is 0 Å². The van der Waals surface area contributed by atoms with Crippen molar-refractivity contribution in [3.63, 3.8) is 0 Å². The van der Waals surface area contributed by atoms with Crippen molar-refractivity contribution in [2.24, 2.45) is 0 Å². The van der Waals surface area contributed by atoms with Gasteiger partial charge in [-0.05, 0) is 6.07 Å². The van der Waals surface area contributed by atoms with Crippen LogP contribution in [0.5, 0.6) is 11.5 Å². The minimum Gasteiger partial charge on any atom is -0.493 e. The van der Waals surface area contributed by atoms with Crippen molar-refractivity contribution in [1.82, 2.24) is 25.0 Å². The molecule has 4 rings (SSSR count). The van der Waals surface area contributed by atoms with E-state index in [1.807, 2.05) is 18.2 Å². The van der Waals surface area contributed by atoms with Crippen LogP contribution in [-0.2, 0) is 6.54 Å². The summed E-state index contributed by atoms with van der Waals surface area (Å²) in [6.07, 6.45) is 4.84. The number of para-hydroxylation sites is 1. The van der Waals surface area contributed by atoms with Crippen molar-refractivity contribution in [2.45, 2.75) is 12.5 Å². The molecule has 0 bridgehead atoms. The number of rotatable bonds is 6. The lowest BCUT2D eigenvalue weighted by atomic mass is 9.99. The number of hydrogen-bond donors (Lipinski definition) is 0. The Kier molecular flexibility index (Phi) is 4.49. The molecule has 8 nitrogen and oxygen atoms in total. The average molecular weight is 353 g/mol. The number of ether oxygens (including phenoxy) is 2. The number of aromatic nitrogens is 4. The summed E-state index contributed by atoms with van der Waals surface area (Å²) in [4.78, 5) is 15.0. The highest BCUT2D eigenvalue weighted by Gasteiger charge is 2.33. The zero-order valence-electron chi connectivity index (χ0n) is 14.6. The third-order valence-corrected chi connectivity index (χ3v) is 4.42. The molecule has 8 heteroatoms. The molecule has 1 aliphatic rings. The molecule has 26 heavy (non-hydrogen) atoms. The van der Waals surface area contributed by atoms with Crippen molar-refractivity contribution in [3.05, 3.63) is 48.2 Å². The van der Waals surface area contributed by atoms with Crippen LogP contribution in [0.4, 0.5) is 0 Å². The third kappa shape index (κ3) is 3.11. The Bertz CT molecular complexity index is 878. The first-order valence-corrected chi connectivity index (χ1v) is 8.30. The fourth-order valence-corrected chi connectivity index (χ4v) is 3.09. The first-order chi connectivity index (χ1) is 12.8. The maximum absolute atomic E-state index is 5.50. The molecule has 1 fully saturated rings. The fraction of sp³-hybridized carbons (Fsp3) is 0.333. The second kappa shape index (κ2) is 7.09. The van der Waals surface area contributed by atoms with Crippen LogP contribution >= 0.6 is 0 Å². The molecule has 1 saturated heterocycles. The van der Waals surface area contributed by atoms with E-state index in [9.17, 15) is 0 Å². The topological polar surface area (TPSA) is 86.4 Å². The lowest BCUT2D eigenvalue weighted by molar-refractivity contribution is 0.116. The van der Waals surface area contributed by atoms with Crippen LogP contribution in [0.15, 0.2) is 41.3 Å². The van der Waals surface area contributed by atoms with E-state index in [1.54, 1.807) is 32.8 Å². The van der Waals surface area contributed by atoms with Gasteiger partial charge in [-0.25, -0.2) is 4.98 Å². The highest BCUT2D eigenvalue weighted by atomic mass is 16.5. The van der Waals surface area contributed by atoms with Crippen molar-refractivity contribution in [3.8, 4) is 23.0 Å². The number of benzene rings is 1. The summed E-state index contributed by atoms with van der Waals surface area (Å²) in [5.74, 6) is 2.86. The zero-order chi connectivity index (χ0) is 17.9. The molecule has 134 valence electrons. The van der Waals surface area contributed by atoms with Gasteiger partial charge in [-0.15, -0.1) is 0 Å². The molecule has 0 atom stereocenters. The van der Waals surface area contributed by atoms with E-state index in [0.29, 0.717) is 17.4 Å². The minimum absolute atomic E-state index is 0.226. The molecule has 0 spiro atoms. The van der Waals surface area contributed by atoms with Gasteiger partial charge in [0.1, 0.15) is 5.69 Å². The molecule has 0 amide bonds. The maximum Gasteiger partial charge on any atom is 0.232 e. The SMILES string of the molecule is COc1cccc(CN2CC(c3nc(-c4cnccn4)no3)C2)c1OC. The predicted octanol–water partition coefficient (Wildman–Crippen LogP) is 2.14. The molecule has 0 aliphatic carbocycles. The molecular formula is C18H19N5O3. The smallest absolute Gasteiger partial charge is 0.232 e. The van der Waals surface area contributed by atoms with Gasteiger partial charge in [0.25, 0.3) is 0 Å². The summed E-state index contributed by atoms with van der Waals surface area (Å²) >= 11 is 0. The minimum atomic E-state index is 0.226. The molecular weight excluding hydrogens is 334 g/mol. The van der Waals surface area contributed by atoms with E-state index < -0.39 is 0 Å². The molecule has 0 N–H and O–H groups in total. The Morgan fingerprint density at radius 3 is 2.81 bits per heavy atom. The van der Waals surface area contributed by atoms with E-state index >= 15 is 0 Å². The molecule has 0 radical (unpaired) electrons. The summed E-state index contributed by atoms with van der Waals surface area (Å²) in [7, 11) is 3.30. The van der Waals surface area contributed by atoms with Gasteiger partial charge in [0.15, 0.2) is 11.5 Å². The fourth-order valence-electron chi connectivity index (χ4n) is 3.09. The molecule has 0 unspecified atom stereocenters. The zero-order valence-corrected chi connectivity index (χ0v) is 14.6. The van der Waals surface area contributed by atoms with E-state index in [4.69, 9.17) is 14.0 Å². The van der Waals surface area contributed by atoms with Crippen LogP contribution in [0.3, 0.4) is 0 Å². The van der Waals surface area contributed by atoms with Crippen molar-refractivity contribution < 1.29 is 14.0 Å². The quantitative estimate of drug-likeness (QED) is 0.666. The number of likely N-dealkylation sites (tertiary alicyclic amines) is 1. The summed E-state index contributed by atoms with van der Waals surface area (Å²) in [6.45, 7) is 2.48. The molecule has 1 aromatic carbocycles. The van der Waals surface area contributed by atoms with Crippen molar-refractivity contribution >= 4 is 0 Å². The summed E-state index contributed by atoms with van der Waals surface area (Å²) in [5.41, 5.74) is 1.70. The Balaban J connectivity index is 1.40. The highest BCUT2D eigenvalue weighted by Crippen LogP contribution is 2.34. The van der Waals surface area contributed by atoms with Gasteiger partial charge in [-0.1, -0.05) is 17.3 Å². The average Bonchev–Trinajstić information content (AvgIpc) is 3.14. The highest BCUT2D eigenvalue weighted by molar-refractivity contribution is 5.47. The molecule has 1 aliphatic heterocycles.